The van der Waals surface area contributed by atoms with Crippen LogP contribution in [0.1, 0.15) is 0 Å². The summed E-state index contributed by atoms with van der Waals surface area (Å²) in [5.74, 6) is -0.706. The number of fused-ring (bicyclic) bond motifs is 1. The fourth-order valence-electron chi connectivity index (χ4n) is 3.20. The lowest BCUT2D eigenvalue weighted by atomic mass is 10.1. The first kappa shape index (κ1) is 23.7. The van der Waals surface area contributed by atoms with Crippen LogP contribution in [-0.4, -0.2) is 47.8 Å². The molecule has 0 bridgehead atoms. The number of anilines is 1. The zero-order chi connectivity index (χ0) is 24.1. The zero-order valence-electron chi connectivity index (χ0n) is 16.3. The molecule has 4 N–H and O–H groups in total. The molecule has 0 spiro atoms. The summed E-state index contributed by atoms with van der Waals surface area (Å²) in [5.41, 5.74) is -0.238. The highest BCUT2D eigenvalue weighted by atomic mass is 35.5. The van der Waals surface area contributed by atoms with Gasteiger partial charge in [0, 0.05) is 11.1 Å². The number of nitrogens with one attached hydrogen (secondary N) is 1. The number of hydrogen-bond acceptors (Lipinski definition) is 8. The molecule has 1 fully saturated rings. The Hall–Kier alpha value is -2.48. The first-order valence-corrected chi connectivity index (χ1v) is 12.9. The molecule has 0 saturated heterocycles. The third-order valence-electron chi connectivity index (χ3n) is 4.89. The van der Waals surface area contributed by atoms with Crippen molar-refractivity contribution in [3.05, 3.63) is 48.5 Å². The van der Waals surface area contributed by atoms with Crippen molar-refractivity contribution >= 4 is 71.3 Å². The second-order valence-electron chi connectivity index (χ2n) is 7.19. The molecule has 4 rings (SSSR count). The first-order valence-electron chi connectivity index (χ1n) is 9.18. The van der Waals surface area contributed by atoms with Gasteiger partial charge < -0.3 is 10.4 Å². The fraction of sp³-hybridized carbons (Fsp3) is 0.158. The summed E-state index contributed by atoms with van der Waals surface area (Å²) >= 11 is 12.1. The Kier molecular flexibility index (Phi) is 6.01. The van der Waals surface area contributed by atoms with Crippen molar-refractivity contribution in [3.8, 4) is 5.75 Å². The van der Waals surface area contributed by atoms with E-state index in [1.807, 2.05) is 0 Å². The number of aromatic hydroxyl groups is 1. The topological polar surface area (TPSA) is 166 Å². The van der Waals surface area contributed by atoms with Gasteiger partial charge in [-0.1, -0.05) is 18.2 Å². The normalized spacial score (nSPS) is 20.9. The number of phenolic OH excluding ortho intramolecular Hbond substituents is 1. The van der Waals surface area contributed by atoms with Crippen LogP contribution in [-0.2, 0) is 20.2 Å². The minimum atomic E-state index is -4.93. The predicted molar refractivity (Wildman–Crippen MR) is 123 cm³/mol. The van der Waals surface area contributed by atoms with Crippen LogP contribution in [0.15, 0.2) is 68.6 Å². The molecule has 0 aromatic heterocycles. The summed E-state index contributed by atoms with van der Waals surface area (Å²) < 4.78 is 66.8. The molecule has 1 saturated carbocycles. The van der Waals surface area contributed by atoms with Gasteiger partial charge in [-0.2, -0.15) is 21.9 Å². The molecule has 0 aliphatic heterocycles. The summed E-state index contributed by atoms with van der Waals surface area (Å²) in [4.78, 5) is -1.41. The Morgan fingerprint density at radius 1 is 0.879 bits per heavy atom. The summed E-state index contributed by atoms with van der Waals surface area (Å²) in [6.45, 7) is 0. The Morgan fingerprint density at radius 3 is 2.06 bits per heavy atom. The van der Waals surface area contributed by atoms with Crippen LogP contribution in [0.5, 0.6) is 5.75 Å². The van der Waals surface area contributed by atoms with Crippen molar-refractivity contribution in [3.63, 3.8) is 0 Å². The zero-order valence-corrected chi connectivity index (χ0v) is 19.4. The molecule has 2 atom stereocenters. The van der Waals surface area contributed by atoms with Gasteiger partial charge in [-0.05, 0) is 35.7 Å². The monoisotopic (exact) mass is 531 g/mol. The third kappa shape index (κ3) is 4.76. The fourth-order valence-corrected chi connectivity index (χ4v) is 5.06. The van der Waals surface area contributed by atoms with Crippen molar-refractivity contribution in [1.29, 1.82) is 0 Å². The highest BCUT2D eigenvalue weighted by molar-refractivity contribution is 7.86. The number of azo groups is 1. The third-order valence-corrected chi connectivity index (χ3v) is 7.81. The lowest BCUT2D eigenvalue weighted by molar-refractivity contribution is 0.472. The summed E-state index contributed by atoms with van der Waals surface area (Å²) in [6, 6.07) is 10.6. The maximum absolute atomic E-state index is 12.0. The van der Waals surface area contributed by atoms with Gasteiger partial charge in [-0.25, -0.2) is 0 Å². The van der Waals surface area contributed by atoms with Gasteiger partial charge in [-0.3, -0.25) is 9.11 Å². The van der Waals surface area contributed by atoms with E-state index in [4.69, 9.17) is 23.2 Å². The summed E-state index contributed by atoms with van der Waals surface area (Å²) in [6.07, 6.45) is 0. The Morgan fingerprint density at radius 2 is 1.52 bits per heavy atom. The number of halogens is 2. The van der Waals surface area contributed by atoms with Gasteiger partial charge >= 0.3 is 0 Å². The highest BCUT2D eigenvalue weighted by Gasteiger charge is 2.48. The second kappa shape index (κ2) is 8.38. The van der Waals surface area contributed by atoms with Crippen molar-refractivity contribution in [2.45, 2.75) is 26.6 Å². The minimum absolute atomic E-state index is 0.00512. The Bertz CT molecular complexity index is 1490. The standard InChI is InChI=1S/C19H15Cl2N3O7S2/c20-15-16(21)18(15)22-12-8-11(32(26,27)28)6-9-7-13(33(29,30)31)17(19(25)14(9)12)24-23-10-4-2-1-3-5-10/h1-8,15-16,18,22,25H,(H,26,27,28)(H,29,30,31). The van der Waals surface area contributed by atoms with Crippen molar-refractivity contribution in [2.75, 3.05) is 5.32 Å². The van der Waals surface area contributed by atoms with Crippen LogP contribution in [0.4, 0.5) is 17.1 Å². The lowest BCUT2D eigenvalue weighted by Gasteiger charge is -2.15. The van der Waals surface area contributed by atoms with Gasteiger partial charge in [0.1, 0.15) is 10.6 Å². The van der Waals surface area contributed by atoms with Gasteiger partial charge in [0.15, 0.2) is 5.75 Å². The minimum Gasteiger partial charge on any atom is -0.505 e. The number of benzene rings is 3. The molecule has 3 aromatic rings. The number of phenols is 1. The Balaban J connectivity index is 2.01. The average Bonchev–Trinajstić information content (AvgIpc) is 3.30. The largest absolute Gasteiger partial charge is 0.505 e. The second-order valence-corrected chi connectivity index (χ2v) is 11.0. The van der Waals surface area contributed by atoms with Crippen LogP contribution in [0.25, 0.3) is 10.8 Å². The van der Waals surface area contributed by atoms with E-state index in [0.29, 0.717) is 5.69 Å². The van der Waals surface area contributed by atoms with Crippen LogP contribution >= 0.6 is 23.2 Å². The molecule has 3 aromatic carbocycles. The molecule has 10 nitrogen and oxygen atoms in total. The molecule has 1 aliphatic carbocycles. The van der Waals surface area contributed by atoms with Crippen LogP contribution in [0.3, 0.4) is 0 Å². The van der Waals surface area contributed by atoms with E-state index in [9.17, 15) is 31.0 Å². The van der Waals surface area contributed by atoms with Gasteiger partial charge in [0.05, 0.1) is 27.4 Å². The van der Waals surface area contributed by atoms with E-state index in [1.165, 1.54) is 0 Å². The van der Waals surface area contributed by atoms with E-state index in [1.54, 1.807) is 30.3 Å². The van der Waals surface area contributed by atoms with E-state index >= 15 is 0 Å². The molecule has 0 heterocycles. The molecular weight excluding hydrogens is 517 g/mol. The van der Waals surface area contributed by atoms with Crippen LogP contribution in [0, 0.1) is 0 Å². The van der Waals surface area contributed by atoms with Crippen LogP contribution in [0.2, 0.25) is 0 Å². The summed E-state index contributed by atoms with van der Waals surface area (Å²) in [5, 5.41) is 20.4. The van der Waals surface area contributed by atoms with Crippen molar-refractivity contribution < 1.29 is 31.0 Å². The maximum Gasteiger partial charge on any atom is 0.296 e. The molecule has 0 radical (unpaired) electrons. The van der Waals surface area contributed by atoms with Gasteiger partial charge in [0.2, 0.25) is 0 Å². The number of rotatable bonds is 6. The Labute approximate surface area is 198 Å². The van der Waals surface area contributed by atoms with Crippen LogP contribution < -0.4 is 5.32 Å². The van der Waals surface area contributed by atoms with Crippen molar-refractivity contribution in [1.82, 2.24) is 0 Å². The SMILES string of the molecule is O=S(=O)(O)c1cc(NC2C(Cl)C2Cl)c2c(O)c(N=Nc3ccccc3)c(S(=O)(=O)O)cc2c1. The maximum atomic E-state index is 12.0. The van der Waals surface area contributed by atoms with E-state index < -0.39 is 58.3 Å². The van der Waals surface area contributed by atoms with Crippen molar-refractivity contribution in [2.24, 2.45) is 10.2 Å². The molecule has 174 valence electrons. The van der Waals surface area contributed by atoms with Gasteiger partial charge in [-0.15, -0.1) is 28.3 Å². The van der Waals surface area contributed by atoms with E-state index in [2.05, 4.69) is 15.5 Å². The smallest absolute Gasteiger partial charge is 0.296 e. The molecule has 0 amide bonds. The lowest BCUT2D eigenvalue weighted by Crippen LogP contribution is -2.09. The molecule has 1 aliphatic rings. The first-order chi connectivity index (χ1) is 15.4. The molecule has 14 heteroatoms. The highest BCUT2D eigenvalue weighted by Crippen LogP contribution is 2.47. The quantitative estimate of drug-likeness (QED) is 0.205. The molecule has 2 unspecified atom stereocenters. The molecule has 33 heavy (non-hydrogen) atoms. The van der Waals surface area contributed by atoms with E-state index in [0.717, 1.165) is 18.2 Å². The number of nitrogens with zero attached hydrogens (tertiary/aromatic N) is 2. The number of alkyl halides is 2. The summed E-state index contributed by atoms with van der Waals surface area (Å²) in [7, 11) is -9.65. The van der Waals surface area contributed by atoms with Gasteiger partial charge in [0.25, 0.3) is 20.2 Å². The van der Waals surface area contributed by atoms with E-state index in [-0.39, 0.29) is 16.5 Å². The number of hydrogen-bond donors (Lipinski definition) is 4. The predicted octanol–water partition coefficient (Wildman–Crippen LogP) is 4.46. The molecular formula is C19H15Cl2N3O7S2. The average molecular weight is 532 g/mol.